The van der Waals surface area contributed by atoms with Crippen LogP contribution < -0.4 is 0 Å². The number of amides is 1. The number of carbonyl (C=O) groups excluding carboxylic acids is 1. The number of carbonyl (C=O) groups is 1. The number of nitrogens with zero attached hydrogens (tertiary/aromatic N) is 4. The van der Waals surface area contributed by atoms with Crippen molar-refractivity contribution in [2.45, 2.75) is 18.3 Å². The summed E-state index contributed by atoms with van der Waals surface area (Å²) in [7, 11) is 0. The summed E-state index contributed by atoms with van der Waals surface area (Å²) >= 11 is 0. The van der Waals surface area contributed by atoms with E-state index in [4.69, 9.17) is 0 Å². The summed E-state index contributed by atoms with van der Waals surface area (Å²) in [5, 5.41) is 7.49. The highest BCUT2D eigenvalue weighted by Gasteiger charge is 2.38. The Morgan fingerprint density at radius 1 is 1.00 bits per heavy atom. The second kappa shape index (κ2) is 6.16. The van der Waals surface area contributed by atoms with Crippen LogP contribution >= 0.6 is 0 Å². The maximum Gasteiger partial charge on any atom is 0.274 e. The molecule has 0 saturated carbocycles. The summed E-state index contributed by atoms with van der Waals surface area (Å²) in [4.78, 5) is 22.8. The molecule has 4 heterocycles. The minimum absolute atomic E-state index is 0.0173. The van der Waals surface area contributed by atoms with Crippen LogP contribution in [0.3, 0.4) is 0 Å². The summed E-state index contributed by atoms with van der Waals surface area (Å²) in [6, 6.07) is 8.16. The van der Waals surface area contributed by atoms with Gasteiger partial charge < -0.3 is 4.90 Å². The molecule has 6 nitrogen and oxygen atoms in total. The normalized spacial score (nSPS) is 17.3. The van der Waals surface area contributed by atoms with Crippen molar-refractivity contribution >= 4 is 12.0 Å². The van der Waals surface area contributed by atoms with E-state index in [-0.39, 0.29) is 11.3 Å². The molecule has 6 heteroatoms. The molecule has 0 radical (unpaired) electrons. The molecule has 5 rings (SSSR count). The van der Waals surface area contributed by atoms with Crippen molar-refractivity contribution in [3.63, 3.8) is 0 Å². The molecular weight excluding hydrogens is 338 g/mol. The quantitative estimate of drug-likeness (QED) is 0.782. The van der Waals surface area contributed by atoms with E-state index in [2.05, 4.69) is 26.2 Å². The van der Waals surface area contributed by atoms with E-state index in [1.165, 1.54) is 0 Å². The van der Waals surface area contributed by atoms with Gasteiger partial charge in [-0.1, -0.05) is 12.2 Å². The Morgan fingerprint density at radius 3 is 2.19 bits per heavy atom. The summed E-state index contributed by atoms with van der Waals surface area (Å²) < 4.78 is 0. The van der Waals surface area contributed by atoms with Crippen LogP contribution in [-0.2, 0) is 11.8 Å². The van der Waals surface area contributed by atoms with Crippen LogP contribution in [0.4, 0.5) is 0 Å². The number of aromatic amines is 1. The molecule has 1 amide bonds. The van der Waals surface area contributed by atoms with Crippen molar-refractivity contribution in [2.75, 3.05) is 13.1 Å². The lowest BCUT2D eigenvalue weighted by molar-refractivity contribution is 0.0645. The largest absolute Gasteiger partial charge is 0.337 e. The first-order chi connectivity index (χ1) is 13.3. The van der Waals surface area contributed by atoms with Crippen molar-refractivity contribution in [3.05, 3.63) is 83.2 Å². The fourth-order valence-electron chi connectivity index (χ4n) is 3.96. The van der Waals surface area contributed by atoms with Gasteiger partial charge in [-0.15, -0.1) is 0 Å². The van der Waals surface area contributed by atoms with Crippen molar-refractivity contribution in [2.24, 2.45) is 0 Å². The second-order valence-electron chi connectivity index (χ2n) is 7.06. The maximum atomic E-state index is 12.7. The number of allylic oxidation sites excluding steroid dienone is 1. The number of rotatable bonds is 3. The standard InChI is InChI=1S/C21H19N5O/c27-20(26-12-1-13-26)19-17-2-7-21(14-18(17)24-25-19,15-3-8-22-9-4-15)16-5-10-23-11-6-16/h2-11H,1,12-14H2,(H,24,25). The molecule has 0 bridgehead atoms. The van der Waals surface area contributed by atoms with Gasteiger partial charge in [-0.05, 0) is 41.8 Å². The van der Waals surface area contributed by atoms with E-state index >= 15 is 0 Å². The van der Waals surface area contributed by atoms with E-state index in [1.807, 2.05) is 60.0 Å². The third-order valence-corrected chi connectivity index (χ3v) is 5.61. The third kappa shape index (κ3) is 2.48. The number of H-pyrrole nitrogens is 1. The molecular formula is C21H19N5O. The van der Waals surface area contributed by atoms with Gasteiger partial charge in [0.2, 0.25) is 0 Å². The van der Waals surface area contributed by atoms with Crippen LogP contribution in [0.2, 0.25) is 0 Å². The number of nitrogens with one attached hydrogen (secondary N) is 1. The Hall–Kier alpha value is -3.28. The first kappa shape index (κ1) is 15.9. The molecule has 134 valence electrons. The summed E-state index contributed by atoms with van der Waals surface area (Å²) in [6.07, 6.45) is 13.2. The van der Waals surface area contributed by atoms with Crippen molar-refractivity contribution < 1.29 is 4.79 Å². The van der Waals surface area contributed by atoms with Crippen LogP contribution in [0, 0.1) is 0 Å². The zero-order valence-corrected chi connectivity index (χ0v) is 14.8. The summed E-state index contributed by atoms with van der Waals surface area (Å²) in [5.74, 6) is 0.0173. The molecule has 0 atom stereocenters. The molecule has 1 N–H and O–H groups in total. The molecule has 27 heavy (non-hydrogen) atoms. The molecule has 1 aliphatic heterocycles. The van der Waals surface area contributed by atoms with E-state index < -0.39 is 0 Å². The smallest absolute Gasteiger partial charge is 0.274 e. The maximum absolute atomic E-state index is 12.7. The highest BCUT2D eigenvalue weighted by molar-refractivity contribution is 5.97. The monoisotopic (exact) mass is 357 g/mol. The lowest BCUT2D eigenvalue weighted by Crippen LogP contribution is -2.42. The minimum Gasteiger partial charge on any atom is -0.337 e. The molecule has 1 saturated heterocycles. The lowest BCUT2D eigenvalue weighted by Gasteiger charge is -2.34. The van der Waals surface area contributed by atoms with Crippen molar-refractivity contribution in [1.29, 1.82) is 0 Å². The SMILES string of the molecule is O=C(c1n[nH]c2c1C=CC(c1ccncc1)(c1ccncc1)C2)N1CCC1. The Bertz CT molecular complexity index is 966. The Kier molecular flexibility index (Phi) is 3.63. The number of hydrogen-bond donors (Lipinski definition) is 1. The van der Waals surface area contributed by atoms with Crippen LogP contribution in [-0.4, -0.2) is 44.1 Å². The lowest BCUT2D eigenvalue weighted by atomic mass is 9.69. The Morgan fingerprint density at radius 2 is 1.63 bits per heavy atom. The first-order valence-electron chi connectivity index (χ1n) is 9.15. The molecule has 0 unspecified atom stereocenters. The van der Waals surface area contributed by atoms with Gasteiger partial charge in [0.25, 0.3) is 5.91 Å². The number of pyridine rings is 2. The van der Waals surface area contributed by atoms with E-state index in [0.717, 1.165) is 41.9 Å². The Labute approximate surface area is 157 Å². The van der Waals surface area contributed by atoms with Gasteiger partial charge in [0.05, 0.1) is 0 Å². The molecule has 0 aromatic carbocycles. The Balaban J connectivity index is 1.60. The van der Waals surface area contributed by atoms with Gasteiger partial charge >= 0.3 is 0 Å². The summed E-state index contributed by atoms with van der Waals surface area (Å²) in [6.45, 7) is 1.64. The van der Waals surface area contributed by atoms with Crippen LogP contribution in [0.25, 0.3) is 6.08 Å². The predicted octanol–water partition coefficient (Wildman–Crippen LogP) is 2.60. The summed E-state index contributed by atoms with van der Waals surface area (Å²) in [5.41, 5.74) is 4.37. The average molecular weight is 357 g/mol. The minimum atomic E-state index is -0.345. The number of hydrogen-bond acceptors (Lipinski definition) is 4. The predicted molar refractivity (Wildman–Crippen MR) is 101 cm³/mol. The van der Waals surface area contributed by atoms with Gasteiger partial charge in [0.1, 0.15) is 0 Å². The molecule has 1 aliphatic carbocycles. The van der Waals surface area contributed by atoms with Crippen LogP contribution in [0.1, 0.15) is 39.3 Å². The van der Waals surface area contributed by atoms with Crippen molar-refractivity contribution in [1.82, 2.24) is 25.1 Å². The number of likely N-dealkylation sites (tertiary alicyclic amines) is 1. The first-order valence-corrected chi connectivity index (χ1v) is 9.15. The van der Waals surface area contributed by atoms with E-state index in [0.29, 0.717) is 12.1 Å². The number of fused-ring (bicyclic) bond motifs is 1. The average Bonchev–Trinajstić information content (AvgIpc) is 3.11. The van der Waals surface area contributed by atoms with Crippen molar-refractivity contribution in [3.8, 4) is 0 Å². The van der Waals surface area contributed by atoms with Crippen LogP contribution in [0.15, 0.2) is 55.1 Å². The highest BCUT2D eigenvalue weighted by Crippen LogP contribution is 2.41. The highest BCUT2D eigenvalue weighted by atomic mass is 16.2. The number of aromatic nitrogens is 4. The third-order valence-electron chi connectivity index (χ3n) is 5.61. The molecule has 0 spiro atoms. The zero-order valence-electron chi connectivity index (χ0n) is 14.8. The fraction of sp³-hybridized carbons (Fsp3) is 0.238. The molecule has 3 aromatic heterocycles. The molecule has 3 aromatic rings. The fourth-order valence-corrected chi connectivity index (χ4v) is 3.96. The van der Waals surface area contributed by atoms with Gasteiger partial charge in [-0.25, -0.2) is 0 Å². The second-order valence-corrected chi connectivity index (χ2v) is 7.06. The topological polar surface area (TPSA) is 74.8 Å². The van der Waals surface area contributed by atoms with Crippen LogP contribution in [0.5, 0.6) is 0 Å². The van der Waals surface area contributed by atoms with E-state index in [9.17, 15) is 4.79 Å². The zero-order chi connectivity index (χ0) is 18.3. The molecule has 2 aliphatic rings. The van der Waals surface area contributed by atoms with E-state index in [1.54, 1.807) is 0 Å². The van der Waals surface area contributed by atoms with Gasteiger partial charge in [0, 0.05) is 61.0 Å². The van der Waals surface area contributed by atoms with Gasteiger partial charge in [0.15, 0.2) is 5.69 Å². The van der Waals surface area contributed by atoms with Gasteiger partial charge in [-0.2, -0.15) is 5.10 Å². The molecule has 1 fully saturated rings. The van der Waals surface area contributed by atoms with Gasteiger partial charge in [-0.3, -0.25) is 19.9 Å².